The van der Waals surface area contributed by atoms with Gasteiger partial charge in [-0.15, -0.1) is 0 Å². The molecule has 0 unspecified atom stereocenters. The monoisotopic (exact) mass is 246 g/mol. The first-order valence-electron chi connectivity index (χ1n) is 6.49. The first kappa shape index (κ1) is 12.8. The maximum Gasteiger partial charge on any atom is 0.165 e. The summed E-state index contributed by atoms with van der Waals surface area (Å²) in [6.45, 7) is 2.55. The van der Waals surface area contributed by atoms with Gasteiger partial charge in [0.1, 0.15) is 11.5 Å². The van der Waals surface area contributed by atoms with E-state index in [0.29, 0.717) is 32.3 Å². The average molecular weight is 246 g/mol. The van der Waals surface area contributed by atoms with E-state index in [1.165, 1.54) is 0 Å². The number of hydrogen-bond donors (Lipinski definition) is 0. The van der Waals surface area contributed by atoms with E-state index in [1.54, 1.807) is 0 Å². The number of benzene rings is 1. The Bertz CT molecular complexity index is 424. The second-order valence-electron chi connectivity index (χ2n) is 4.63. The standard InChI is InChI=1S/C15H18O3/c1-2-18-14-9-5-12(6-10-14)15(17)11-3-7-13(16)8-4-11/h5-6,9-11H,2-4,7-8H2,1H3. The second-order valence-corrected chi connectivity index (χ2v) is 4.63. The molecule has 1 aromatic rings. The molecule has 0 atom stereocenters. The van der Waals surface area contributed by atoms with E-state index in [4.69, 9.17) is 4.74 Å². The van der Waals surface area contributed by atoms with E-state index in [1.807, 2.05) is 31.2 Å². The Morgan fingerprint density at radius 3 is 2.39 bits per heavy atom. The van der Waals surface area contributed by atoms with E-state index in [9.17, 15) is 9.59 Å². The van der Waals surface area contributed by atoms with Gasteiger partial charge in [0.05, 0.1) is 6.61 Å². The molecule has 96 valence electrons. The highest BCUT2D eigenvalue weighted by molar-refractivity contribution is 5.99. The second kappa shape index (κ2) is 5.80. The predicted octanol–water partition coefficient (Wildman–Crippen LogP) is 3.03. The van der Waals surface area contributed by atoms with Crippen LogP contribution in [0.4, 0.5) is 0 Å². The van der Waals surface area contributed by atoms with Crippen molar-refractivity contribution in [2.45, 2.75) is 32.6 Å². The van der Waals surface area contributed by atoms with E-state index in [-0.39, 0.29) is 17.5 Å². The highest BCUT2D eigenvalue weighted by atomic mass is 16.5. The fourth-order valence-corrected chi connectivity index (χ4v) is 2.32. The smallest absolute Gasteiger partial charge is 0.165 e. The molecule has 1 aliphatic carbocycles. The van der Waals surface area contributed by atoms with Crippen LogP contribution in [0.15, 0.2) is 24.3 Å². The van der Waals surface area contributed by atoms with Crippen molar-refractivity contribution in [3.05, 3.63) is 29.8 Å². The molecule has 0 amide bonds. The van der Waals surface area contributed by atoms with Crippen molar-refractivity contribution in [3.63, 3.8) is 0 Å². The summed E-state index contributed by atoms with van der Waals surface area (Å²) in [4.78, 5) is 23.4. The maximum absolute atomic E-state index is 12.2. The Morgan fingerprint density at radius 1 is 1.22 bits per heavy atom. The van der Waals surface area contributed by atoms with E-state index in [0.717, 1.165) is 11.3 Å². The molecule has 0 aromatic heterocycles. The molecule has 18 heavy (non-hydrogen) atoms. The van der Waals surface area contributed by atoms with Gasteiger partial charge in [0.2, 0.25) is 0 Å². The van der Waals surface area contributed by atoms with Gasteiger partial charge in [-0.2, -0.15) is 0 Å². The van der Waals surface area contributed by atoms with Crippen molar-refractivity contribution in [3.8, 4) is 5.75 Å². The van der Waals surface area contributed by atoms with Gasteiger partial charge >= 0.3 is 0 Å². The maximum atomic E-state index is 12.2. The van der Waals surface area contributed by atoms with Crippen molar-refractivity contribution in [2.75, 3.05) is 6.61 Å². The Balaban J connectivity index is 2.02. The molecule has 0 saturated heterocycles. The van der Waals surface area contributed by atoms with Gasteiger partial charge in [-0.25, -0.2) is 0 Å². The SMILES string of the molecule is CCOc1ccc(C(=O)C2CCC(=O)CC2)cc1. The number of hydrogen-bond acceptors (Lipinski definition) is 3. The summed E-state index contributed by atoms with van der Waals surface area (Å²) in [5.74, 6) is 1.24. The molecule has 0 spiro atoms. The molecule has 3 nitrogen and oxygen atoms in total. The van der Waals surface area contributed by atoms with Crippen LogP contribution in [0.2, 0.25) is 0 Å². The molecular weight excluding hydrogens is 228 g/mol. The van der Waals surface area contributed by atoms with Crippen LogP contribution in [0.3, 0.4) is 0 Å². The lowest BCUT2D eigenvalue weighted by Crippen LogP contribution is -2.21. The molecule has 1 saturated carbocycles. The van der Waals surface area contributed by atoms with Crippen molar-refractivity contribution in [1.82, 2.24) is 0 Å². The van der Waals surface area contributed by atoms with Gasteiger partial charge in [0.25, 0.3) is 0 Å². The number of ketones is 2. The minimum Gasteiger partial charge on any atom is -0.494 e. The lowest BCUT2D eigenvalue weighted by Gasteiger charge is -2.19. The van der Waals surface area contributed by atoms with E-state index < -0.39 is 0 Å². The topological polar surface area (TPSA) is 43.4 Å². The third kappa shape index (κ3) is 2.97. The van der Waals surface area contributed by atoms with Crippen molar-refractivity contribution in [1.29, 1.82) is 0 Å². The first-order chi connectivity index (χ1) is 8.70. The molecule has 1 aliphatic rings. The normalized spacial score (nSPS) is 16.6. The summed E-state index contributed by atoms with van der Waals surface area (Å²) >= 11 is 0. The zero-order chi connectivity index (χ0) is 13.0. The van der Waals surface area contributed by atoms with Crippen LogP contribution < -0.4 is 4.74 Å². The number of rotatable bonds is 4. The van der Waals surface area contributed by atoms with Crippen LogP contribution in [0.5, 0.6) is 5.75 Å². The van der Waals surface area contributed by atoms with Gasteiger partial charge in [0, 0.05) is 24.3 Å². The third-order valence-corrected chi connectivity index (χ3v) is 3.36. The fraction of sp³-hybridized carbons (Fsp3) is 0.467. The van der Waals surface area contributed by atoms with Gasteiger partial charge in [-0.1, -0.05) is 0 Å². The van der Waals surface area contributed by atoms with Crippen LogP contribution in [-0.4, -0.2) is 18.2 Å². The molecule has 3 heteroatoms. The lowest BCUT2D eigenvalue weighted by atomic mass is 9.83. The third-order valence-electron chi connectivity index (χ3n) is 3.36. The molecule has 0 N–H and O–H groups in total. The van der Waals surface area contributed by atoms with Crippen LogP contribution in [0.1, 0.15) is 43.0 Å². The van der Waals surface area contributed by atoms with Crippen LogP contribution in [0.25, 0.3) is 0 Å². The molecule has 0 bridgehead atoms. The molecule has 0 aliphatic heterocycles. The van der Waals surface area contributed by atoms with E-state index >= 15 is 0 Å². The molecular formula is C15H18O3. The van der Waals surface area contributed by atoms with Crippen molar-refractivity contribution >= 4 is 11.6 Å². The first-order valence-corrected chi connectivity index (χ1v) is 6.49. The molecule has 0 radical (unpaired) electrons. The minimum atomic E-state index is 0.0145. The van der Waals surface area contributed by atoms with Crippen LogP contribution >= 0.6 is 0 Å². The van der Waals surface area contributed by atoms with Crippen molar-refractivity contribution in [2.24, 2.45) is 5.92 Å². The van der Waals surface area contributed by atoms with Crippen LogP contribution in [0, 0.1) is 5.92 Å². The number of carbonyl (C=O) groups is 2. The van der Waals surface area contributed by atoms with Gasteiger partial charge in [0.15, 0.2) is 5.78 Å². The Hall–Kier alpha value is -1.64. The molecule has 1 fully saturated rings. The van der Waals surface area contributed by atoms with Gasteiger partial charge in [-0.3, -0.25) is 9.59 Å². The molecule has 2 rings (SSSR count). The summed E-state index contributed by atoms with van der Waals surface area (Å²) < 4.78 is 5.34. The predicted molar refractivity (Wildman–Crippen MR) is 68.9 cm³/mol. The highest BCUT2D eigenvalue weighted by Gasteiger charge is 2.25. The fourth-order valence-electron chi connectivity index (χ4n) is 2.32. The van der Waals surface area contributed by atoms with Crippen molar-refractivity contribution < 1.29 is 14.3 Å². The minimum absolute atomic E-state index is 0.0145. The Kier molecular flexibility index (Phi) is 4.13. The number of ether oxygens (including phenoxy) is 1. The molecule has 1 aromatic carbocycles. The number of carbonyl (C=O) groups excluding carboxylic acids is 2. The summed E-state index contributed by atoms with van der Waals surface area (Å²) in [5.41, 5.74) is 0.720. The average Bonchev–Trinajstić information content (AvgIpc) is 2.40. The largest absolute Gasteiger partial charge is 0.494 e. The van der Waals surface area contributed by atoms with Gasteiger partial charge < -0.3 is 4.74 Å². The van der Waals surface area contributed by atoms with Gasteiger partial charge in [-0.05, 0) is 44.0 Å². The number of Topliss-reactive ketones (excluding diaryl/α,β-unsaturated/α-hetero) is 2. The molecule has 0 heterocycles. The quantitative estimate of drug-likeness (QED) is 0.767. The zero-order valence-corrected chi connectivity index (χ0v) is 10.6. The summed E-state index contributed by atoms with van der Waals surface area (Å²) in [6, 6.07) is 7.27. The summed E-state index contributed by atoms with van der Waals surface area (Å²) in [5, 5.41) is 0. The lowest BCUT2D eigenvalue weighted by molar-refractivity contribution is -0.120. The zero-order valence-electron chi connectivity index (χ0n) is 10.6. The van der Waals surface area contributed by atoms with E-state index in [2.05, 4.69) is 0 Å². The Morgan fingerprint density at radius 2 is 1.83 bits per heavy atom. The Labute approximate surface area is 107 Å². The summed E-state index contributed by atoms with van der Waals surface area (Å²) in [6.07, 6.45) is 2.50. The van der Waals surface area contributed by atoms with Crippen LogP contribution in [-0.2, 0) is 4.79 Å². The summed E-state index contributed by atoms with van der Waals surface area (Å²) in [7, 11) is 0. The highest BCUT2D eigenvalue weighted by Crippen LogP contribution is 2.25.